The Bertz CT molecular complexity index is 394. The molecule has 2 unspecified atom stereocenters. The summed E-state index contributed by atoms with van der Waals surface area (Å²) in [6.45, 7) is 13.6. The smallest absolute Gasteiger partial charge is 0.407 e. The van der Waals surface area contributed by atoms with Gasteiger partial charge in [0.2, 0.25) is 0 Å². The van der Waals surface area contributed by atoms with E-state index in [9.17, 15) is 4.79 Å². The van der Waals surface area contributed by atoms with Gasteiger partial charge in [0.25, 0.3) is 0 Å². The maximum Gasteiger partial charge on any atom is 0.407 e. The van der Waals surface area contributed by atoms with Gasteiger partial charge in [0.15, 0.2) is 5.96 Å². The zero-order chi connectivity index (χ0) is 17.5. The highest BCUT2D eigenvalue weighted by molar-refractivity contribution is 5.80. The van der Waals surface area contributed by atoms with Crippen molar-refractivity contribution < 1.29 is 9.53 Å². The van der Waals surface area contributed by atoms with Gasteiger partial charge in [-0.1, -0.05) is 13.8 Å². The normalized spacial score (nSPS) is 22.7. The monoisotopic (exact) mass is 326 g/mol. The summed E-state index contributed by atoms with van der Waals surface area (Å²) in [7, 11) is 1.82. The fraction of sp³-hybridized carbons (Fsp3) is 0.882. The number of carbonyl (C=O) groups is 1. The largest absolute Gasteiger partial charge is 0.444 e. The Kier molecular flexibility index (Phi) is 7.65. The van der Waals surface area contributed by atoms with Gasteiger partial charge in [-0.25, -0.2) is 4.79 Å². The second-order valence-corrected chi connectivity index (χ2v) is 7.61. The highest BCUT2D eigenvalue weighted by Crippen LogP contribution is 2.20. The van der Waals surface area contributed by atoms with Crippen LogP contribution in [0.4, 0.5) is 4.79 Å². The summed E-state index contributed by atoms with van der Waals surface area (Å²) in [6.07, 6.45) is 1.75. The Morgan fingerprint density at radius 3 is 2.26 bits per heavy atom. The Morgan fingerprint density at radius 1 is 1.17 bits per heavy atom. The van der Waals surface area contributed by atoms with E-state index < -0.39 is 5.60 Å². The Hall–Kier alpha value is -1.46. The van der Waals surface area contributed by atoms with E-state index in [0.29, 0.717) is 18.4 Å². The first-order valence-corrected chi connectivity index (χ1v) is 8.63. The number of piperidine rings is 1. The molecule has 23 heavy (non-hydrogen) atoms. The van der Waals surface area contributed by atoms with E-state index in [1.165, 1.54) is 6.42 Å². The number of hydrogen-bond acceptors (Lipinski definition) is 3. The third-order valence-corrected chi connectivity index (χ3v) is 3.69. The fourth-order valence-electron chi connectivity index (χ4n) is 2.96. The molecule has 0 spiro atoms. The number of guanidine groups is 1. The molecule has 2 N–H and O–H groups in total. The van der Waals surface area contributed by atoms with E-state index in [2.05, 4.69) is 34.4 Å². The SMILES string of the molecule is CN=C(NCCCNC(=O)OC(C)(C)C)N1CC(C)CC(C)C1. The number of likely N-dealkylation sites (tertiary alicyclic amines) is 1. The summed E-state index contributed by atoms with van der Waals surface area (Å²) in [6, 6.07) is 0. The lowest BCUT2D eigenvalue weighted by molar-refractivity contribution is 0.0527. The number of hydrogen-bond donors (Lipinski definition) is 2. The molecule has 0 saturated carbocycles. The van der Waals surface area contributed by atoms with Crippen molar-refractivity contribution in [3.8, 4) is 0 Å². The molecule has 2 atom stereocenters. The molecule has 1 fully saturated rings. The highest BCUT2D eigenvalue weighted by atomic mass is 16.6. The molecule has 1 heterocycles. The van der Waals surface area contributed by atoms with Crippen LogP contribution in [0.25, 0.3) is 0 Å². The standard InChI is InChI=1S/C17H34N4O2/c1-13-10-14(2)12-21(11-13)15(18-6)19-8-7-9-20-16(22)23-17(3,4)5/h13-14H,7-12H2,1-6H3,(H,18,19)(H,20,22). The third kappa shape index (κ3) is 8.09. The van der Waals surface area contributed by atoms with Gasteiger partial charge in [0.05, 0.1) is 0 Å². The second kappa shape index (κ2) is 8.99. The number of nitrogens with one attached hydrogen (secondary N) is 2. The highest BCUT2D eigenvalue weighted by Gasteiger charge is 2.23. The van der Waals surface area contributed by atoms with E-state index >= 15 is 0 Å². The number of alkyl carbamates (subject to hydrolysis) is 1. The predicted octanol–water partition coefficient (Wildman–Crippen LogP) is 2.45. The summed E-state index contributed by atoms with van der Waals surface area (Å²) in [5, 5.41) is 6.16. The second-order valence-electron chi connectivity index (χ2n) is 7.61. The molecule has 0 aromatic heterocycles. The van der Waals surface area contributed by atoms with Crippen LogP contribution in [-0.2, 0) is 4.74 Å². The summed E-state index contributed by atoms with van der Waals surface area (Å²) in [5.41, 5.74) is -0.452. The van der Waals surface area contributed by atoms with Gasteiger partial charge in [-0.15, -0.1) is 0 Å². The molecule has 1 saturated heterocycles. The van der Waals surface area contributed by atoms with Crippen molar-refractivity contribution in [2.75, 3.05) is 33.2 Å². The van der Waals surface area contributed by atoms with E-state index in [-0.39, 0.29) is 6.09 Å². The summed E-state index contributed by atoms with van der Waals surface area (Å²) >= 11 is 0. The van der Waals surface area contributed by atoms with Crippen molar-refractivity contribution in [3.63, 3.8) is 0 Å². The lowest BCUT2D eigenvalue weighted by Gasteiger charge is -2.37. The summed E-state index contributed by atoms with van der Waals surface area (Å²) in [4.78, 5) is 18.3. The first kappa shape index (κ1) is 19.6. The van der Waals surface area contributed by atoms with Crippen LogP contribution < -0.4 is 10.6 Å². The van der Waals surface area contributed by atoms with Crippen molar-refractivity contribution in [2.24, 2.45) is 16.8 Å². The lowest BCUT2D eigenvalue weighted by atomic mass is 9.92. The van der Waals surface area contributed by atoms with Crippen LogP contribution in [0.1, 0.15) is 47.5 Å². The molecule has 0 bridgehead atoms. The summed E-state index contributed by atoms with van der Waals surface area (Å²) in [5.74, 6) is 2.36. The maximum absolute atomic E-state index is 11.5. The van der Waals surface area contributed by atoms with Gasteiger partial charge < -0.3 is 20.3 Å². The topological polar surface area (TPSA) is 66.0 Å². The van der Waals surface area contributed by atoms with Crippen molar-refractivity contribution in [1.82, 2.24) is 15.5 Å². The van der Waals surface area contributed by atoms with Crippen LogP contribution in [0, 0.1) is 11.8 Å². The zero-order valence-electron chi connectivity index (χ0n) is 15.6. The zero-order valence-corrected chi connectivity index (χ0v) is 15.6. The number of ether oxygens (including phenoxy) is 1. The molecule has 1 aliphatic heterocycles. The number of carbonyl (C=O) groups excluding carboxylic acids is 1. The minimum absolute atomic E-state index is 0.361. The molecular weight excluding hydrogens is 292 g/mol. The maximum atomic E-state index is 11.5. The lowest BCUT2D eigenvalue weighted by Crippen LogP contribution is -2.48. The van der Waals surface area contributed by atoms with Crippen LogP contribution in [-0.4, -0.2) is 55.8 Å². The Morgan fingerprint density at radius 2 is 1.74 bits per heavy atom. The molecule has 0 aliphatic carbocycles. The number of amides is 1. The predicted molar refractivity (Wildman–Crippen MR) is 94.7 cm³/mol. The molecular formula is C17H34N4O2. The first-order chi connectivity index (χ1) is 10.7. The molecule has 1 amide bonds. The van der Waals surface area contributed by atoms with E-state index in [0.717, 1.165) is 32.0 Å². The Labute approximate surface area is 141 Å². The van der Waals surface area contributed by atoms with Crippen LogP contribution in [0.15, 0.2) is 4.99 Å². The minimum atomic E-state index is -0.452. The van der Waals surface area contributed by atoms with Crippen molar-refractivity contribution in [3.05, 3.63) is 0 Å². The fourth-order valence-corrected chi connectivity index (χ4v) is 2.96. The molecule has 6 heteroatoms. The van der Waals surface area contributed by atoms with E-state index in [1.54, 1.807) is 0 Å². The molecule has 0 aromatic rings. The van der Waals surface area contributed by atoms with Crippen LogP contribution in [0.2, 0.25) is 0 Å². The van der Waals surface area contributed by atoms with E-state index in [4.69, 9.17) is 4.74 Å². The van der Waals surface area contributed by atoms with Gasteiger partial charge in [-0.3, -0.25) is 4.99 Å². The average molecular weight is 326 g/mol. The number of rotatable bonds is 4. The minimum Gasteiger partial charge on any atom is -0.444 e. The van der Waals surface area contributed by atoms with Gasteiger partial charge in [0.1, 0.15) is 5.60 Å². The Balaban J connectivity index is 2.24. The average Bonchev–Trinajstić information content (AvgIpc) is 2.39. The molecule has 6 nitrogen and oxygen atoms in total. The first-order valence-electron chi connectivity index (χ1n) is 8.63. The van der Waals surface area contributed by atoms with Crippen LogP contribution >= 0.6 is 0 Å². The van der Waals surface area contributed by atoms with Crippen LogP contribution in [0.5, 0.6) is 0 Å². The molecule has 1 rings (SSSR count). The number of nitrogens with zero attached hydrogens (tertiary/aromatic N) is 2. The quantitative estimate of drug-likeness (QED) is 0.473. The van der Waals surface area contributed by atoms with E-state index in [1.807, 2.05) is 27.8 Å². The van der Waals surface area contributed by atoms with Gasteiger partial charge >= 0.3 is 6.09 Å². The third-order valence-electron chi connectivity index (χ3n) is 3.69. The molecule has 134 valence electrons. The van der Waals surface area contributed by atoms with Crippen molar-refractivity contribution >= 4 is 12.1 Å². The van der Waals surface area contributed by atoms with Crippen molar-refractivity contribution in [1.29, 1.82) is 0 Å². The van der Waals surface area contributed by atoms with Crippen LogP contribution in [0.3, 0.4) is 0 Å². The van der Waals surface area contributed by atoms with Gasteiger partial charge in [-0.05, 0) is 45.4 Å². The molecule has 1 aliphatic rings. The van der Waals surface area contributed by atoms with Gasteiger partial charge in [0, 0.05) is 33.2 Å². The van der Waals surface area contributed by atoms with Crippen molar-refractivity contribution in [2.45, 2.75) is 53.1 Å². The van der Waals surface area contributed by atoms with Gasteiger partial charge in [-0.2, -0.15) is 0 Å². The number of aliphatic imine (C=N–C) groups is 1. The summed E-state index contributed by atoms with van der Waals surface area (Å²) < 4.78 is 5.20. The molecule has 0 radical (unpaired) electrons. The molecule has 0 aromatic carbocycles.